The second-order valence-electron chi connectivity index (χ2n) is 7.43. The first kappa shape index (κ1) is 20.7. The zero-order valence-corrected chi connectivity index (χ0v) is 16.7. The summed E-state index contributed by atoms with van der Waals surface area (Å²) in [5, 5.41) is 9.69. The molecular weight excluding hydrogens is 445 g/mol. The van der Waals surface area contributed by atoms with Crippen LogP contribution < -0.4 is 20.1 Å². The summed E-state index contributed by atoms with van der Waals surface area (Å²) in [7, 11) is 0. The molecule has 1 aromatic carbocycles. The summed E-state index contributed by atoms with van der Waals surface area (Å²) in [5.41, 5.74) is 1.06. The van der Waals surface area contributed by atoms with Gasteiger partial charge >= 0.3 is 12.4 Å². The summed E-state index contributed by atoms with van der Waals surface area (Å²) >= 11 is 0. The fourth-order valence-corrected chi connectivity index (χ4v) is 3.15. The van der Waals surface area contributed by atoms with E-state index in [1.54, 1.807) is 0 Å². The first-order valence-electron chi connectivity index (χ1n) is 9.84. The molecule has 0 atom stereocenters. The average Bonchev–Trinajstić information content (AvgIpc) is 3.37. The number of benzene rings is 1. The van der Waals surface area contributed by atoms with Crippen molar-refractivity contribution < 1.29 is 32.2 Å². The smallest absolute Gasteiger partial charge is 0.424 e. The summed E-state index contributed by atoms with van der Waals surface area (Å²) in [5.74, 6) is -0.730. The molecule has 0 radical (unpaired) electrons. The number of nitrogens with zero attached hydrogens (tertiary/aromatic N) is 4. The number of alkyl halides is 3. The van der Waals surface area contributed by atoms with Gasteiger partial charge in [0.25, 0.3) is 5.91 Å². The molecular formula is C20H15F3N6O4. The fraction of sp³-hybridized carbons (Fsp3) is 0.250. The van der Waals surface area contributed by atoms with Crippen molar-refractivity contribution in [3.05, 3.63) is 41.6 Å². The first-order valence-corrected chi connectivity index (χ1v) is 9.84. The van der Waals surface area contributed by atoms with Crippen LogP contribution in [0.2, 0.25) is 0 Å². The first-order chi connectivity index (χ1) is 15.7. The van der Waals surface area contributed by atoms with Crippen LogP contribution in [0.15, 0.2) is 36.0 Å². The quantitative estimate of drug-likeness (QED) is 0.426. The highest BCUT2D eigenvalue weighted by molar-refractivity contribution is 6.15. The zero-order valence-electron chi connectivity index (χ0n) is 16.7. The molecule has 1 saturated heterocycles. The lowest BCUT2D eigenvalue weighted by molar-refractivity contribution is -0.274. The van der Waals surface area contributed by atoms with Crippen molar-refractivity contribution in [1.29, 1.82) is 0 Å². The number of aromatic nitrogens is 4. The number of rotatable bonds is 6. The van der Waals surface area contributed by atoms with Crippen molar-refractivity contribution in [1.82, 2.24) is 24.9 Å². The van der Waals surface area contributed by atoms with Crippen LogP contribution in [-0.2, 0) is 9.59 Å². The molecule has 10 nitrogen and oxygen atoms in total. The van der Waals surface area contributed by atoms with Gasteiger partial charge in [0.1, 0.15) is 11.5 Å². The summed E-state index contributed by atoms with van der Waals surface area (Å²) in [4.78, 5) is 32.1. The number of halogens is 3. The van der Waals surface area contributed by atoms with Crippen molar-refractivity contribution >= 4 is 29.5 Å². The fourth-order valence-electron chi connectivity index (χ4n) is 3.15. The Morgan fingerprint density at radius 3 is 2.48 bits per heavy atom. The Kier molecular flexibility index (Phi) is 4.87. The minimum absolute atomic E-state index is 0.0514. The minimum atomic E-state index is -4.80. The number of amides is 2. The lowest BCUT2D eigenvalue weighted by Crippen LogP contribution is -2.19. The molecule has 13 heteroatoms. The number of nitrogens with one attached hydrogen (secondary N) is 2. The molecule has 1 aliphatic heterocycles. The monoisotopic (exact) mass is 460 g/mol. The van der Waals surface area contributed by atoms with Gasteiger partial charge in [-0.25, -0.2) is 0 Å². The maximum Gasteiger partial charge on any atom is 0.573 e. The molecule has 170 valence electrons. The Morgan fingerprint density at radius 1 is 1.12 bits per heavy atom. The summed E-state index contributed by atoms with van der Waals surface area (Å²) in [6.07, 6.45) is 0.0746. The third kappa shape index (κ3) is 4.71. The lowest BCUT2D eigenvalue weighted by atomic mass is 10.1. The van der Waals surface area contributed by atoms with Gasteiger partial charge < -0.3 is 14.8 Å². The molecule has 2 amide bonds. The number of carbonyl (C=O) groups is 2. The van der Waals surface area contributed by atoms with Crippen LogP contribution in [0.3, 0.4) is 0 Å². The molecule has 3 heterocycles. The van der Waals surface area contributed by atoms with Crippen molar-refractivity contribution in [2.75, 3.05) is 5.32 Å². The molecule has 2 aliphatic rings. The van der Waals surface area contributed by atoms with Crippen LogP contribution in [0.4, 0.5) is 19.1 Å². The minimum Gasteiger partial charge on any atom is -0.424 e. The Bertz CT molecular complexity index is 1280. The number of hydrogen-bond donors (Lipinski definition) is 2. The Hall–Kier alpha value is -4.16. The van der Waals surface area contributed by atoms with E-state index in [0.717, 1.165) is 25.0 Å². The van der Waals surface area contributed by atoms with Crippen LogP contribution in [0.1, 0.15) is 24.8 Å². The average molecular weight is 460 g/mol. The largest absolute Gasteiger partial charge is 0.573 e. The van der Waals surface area contributed by atoms with E-state index >= 15 is 0 Å². The topological polar surface area (TPSA) is 120 Å². The van der Waals surface area contributed by atoms with E-state index in [1.165, 1.54) is 28.9 Å². The van der Waals surface area contributed by atoms with Gasteiger partial charge in [0.15, 0.2) is 5.65 Å². The van der Waals surface area contributed by atoms with Crippen LogP contribution in [0.25, 0.3) is 11.7 Å². The second kappa shape index (κ2) is 7.76. The van der Waals surface area contributed by atoms with Gasteiger partial charge in [-0.2, -0.15) is 19.6 Å². The summed E-state index contributed by atoms with van der Waals surface area (Å²) in [6.45, 7) is 0. The van der Waals surface area contributed by atoms with Crippen molar-refractivity contribution in [3.8, 4) is 17.5 Å². The van der Waals surface area contributed by atoms with Crippen molar-refractivity contribution in [2.24, 2.45) is 0 Å². The van der Waals surface area contributed by atoms with Gasteiger partial charge in [-0.05, 0) is 43.2 Å². The molecule has 0 unspecified atom stereocenters. The molecule has 2 fully saturated rings. The third-order valence-electron chi connectivity index (χ3n) is 4.78. The van der Waals surface area contributed by atoms with E-state index in [-0.39, 0.29) is 29.8 Å². The number of anilines is 1. The summed E-state index contributed by atoms with van der Waals surface area (Å²) in [6, 6.07) is 4.93. The van der Waals surface area contributed by atoms with Gasteiger partial charge in [0.05, 0.1) is 12.6 Å². The normalized spacial score (nSPS) is 17.5. The number of imide groups is 1. The molecule has 1 aliphatic carbocycles. The lowest BCUT2D eigenvalue weighted by Gasteiger charge is -2.11. The summed E-state index contributed by atoms with van der Waals surface area (Å²) < 4.78 is 48.0. The van der Waals surface area contributed by atoms with Gasteiger partial charge in [-0.3, -0.25) is 14.9 Å². The Balaban J connectivity index is 1.47. The standard InChI is InChI=1S/C20H15F3N6O4/c21-20(22,23)33-14-5-3-13(4-6-14)32-19-27-16-11(7-10-8-15(30)26-17(10)31)9-24-29(16)18(28-19)25-12-1-2-12/h3-7,9,12H,1-2,8H2,(H,25,27,28)(H,26,30,31)/b10-7+. The predicted octanol–water partition coefficient (Wildman–Crippen LogP) is 2.82. The molecule has 0 spiro atoms. The van der Waals surface area contributed by atoms with E-state index in [4.69, 9.17) is 4.74 Å². The second-order valence-corrected chi connectivity index (χ2v) is 7.43. The highest BCUT2D eigenvalue weighted by Gasteiger charge is 2.31. The molecule has 33 heavy (non-hydrogen) atoms. The van der Waals surface area contributed by atoms with Gasteiger partial charge in [-0.1, -0.05) is 0 Å². The highest BCUT2D eigenvalue weighted by atomic mass is 19.4. The van der Waals surface area contributed by atoms with Crippen molar-refractivity contribution in [2.45, 2.75) is 31.7 Å². The van der Waals surface area contributed by atoms with E-state index in [9.17, 15) is 22.8 Å². The zero-order chi connectivity index (χ0) is 23.2. The molecule has 5 rings (SSSR count). The molecule has 0 bridgehead atoms. The van der Waals surface area contributed by atoms with Crippen LogP contribution in [0.5, 0.6) is 17.5 Å². The molecule has 3 aromatic rings. The third-order valence-corrected chi connectivity index (χ3v) is 4.78. The number of carbonyl (C=O) groups excluding carboxylic acids is 2. The number of hydrogen-bond acceptors (Lipinski definition) is 8. The van der Waals surface area contributed by atoms with Crippen molar-refractivity contribution in [3.63, 3.8) is 0 Å². The number of ether oxygens (including phenoxy) is 2. The van der Waals surface area contributed by atoms with Crippen LogP contribution in [-0.4, -0.2) is 43.8 Å². The van der Waals surface area contributed by atoms with E-state index in [1.807, 2.05) is 0 Å². The highest BCUT2D eigenvalue weighted by Crippen LogP contribution is 2.29. The maximum atomic E-state index is 12.4. The maximum absolute atomic E-state index is 12.4. The number of fused-ring (bicyclic) bond motifs is 1. The predicted molar refractivity (Wildman–Crippen MR) is 106 cm³/mol. The van der Waals surface area contributed by atoms with E-state index in [2.05, 4.69) is 30.4 Å². The van der Waals surface area contributed by atoms with Gasteiger partial charge in [0, 0.05) is 17.2 Å². The Labute approximate surface area is 183 Å². The van der Waals surface area contributed by atoms with E-state index < -0.39 is 23.9 Å². The molecule has 2 aromatic heterocycles. The van der Waals surface area contributed by atoms with E-state index in [0.29, 0.717) is 17.2 Å². The Morgan fingerprint density at radius 2 is 1.85 bits per heavy atom. The molecule has 2 N–H and O–H groups in total. The molecule has 1 saturated carbocycles. The SMILES string of the molecule is O=C1C/C(=C\c2cnn3c(NC4CC4)nc(Oc4ccc(OC(F)(F)F)cc4)nc23)C(=O)N1. The van der Waals surface area contributed by atoms with Gasteiger partial charge in [-0.15, -0.1) is 13.2 Å². The van der Waals surface area contributed by atoms with Gasteiger partial charge in [0.2, 0.25) is 11.9 Å². The van der Waals surface area contributed by atoms with Crippen LogP contribution in [0, 0.1) is 0 Å². The van der Waals surface area contributed by atoms with Crippen LogP contribution >= 0.6 is 0 Å².